The molecule has 1 atom stereocenters. The number of rotatable bonds is 5. The molecule has 3 heterocycles. The molecule has 0 bridgehead atoms. The molecule has 2 amide bonds. The Labute approximate surface area is 166 Å². The Balaban J connectivity index is 1.60. The van der Waals surface area contributed by atoms with Crippen LogP contribution in [-0.4, -0.2) is 65.8 Å². The molecule has 1 aromatic rings. The van der Waals surface area contributed by atoms with E-state index < -0.39 is 0 Å². The van der Waals surface area contributed by atoms with Crippen LogP contribution in [0.15, 0.2) is 24.3 Å². The lowest BCUT2D eigenvalue weighted by atomic mass is 10.1. The van der Waals surface area contributed by atoms with Gasteiger partial charge < -0.3 is 9.80 Å². The first-order valence-electron chi connectivity index (χ1n) is 10.0. The molecule has 0 unspecified atom stereocenters. The van der Waals surface area contributed by atoms with Crippen molar-refractivity contribution in [2.24, 2.45) is 5.92 Å². The van der Waals surface area contributed by atoms with E-state index in [1.807, 2.05) is 15.9 Å². The predicted octanol–water partition coefficient (Wildman–Crippen LogP) is 3.40. The summed E-state index contributed by atoms with van der Waals surface area (Å²) in [5, 5.41) is 0. The van der Waals surface area contributed by atoms with Crippen LogP contribution in [0.1, 0.15) is 54.2 Å². The smallest absolute Gasteiger partial charge is 0.264 e. The first-order chi connectivity index (χ1) is 13.0. The number of carbonyl (C=O) groups excluding carboxylic acids is 2. The minimum Gasteiger partial charge on any atom is -0.339 e. The van der Waals surface area contributed by atoms with Gasteiger partial charge in [0.1, 0.15) is 0 Å². The molecule has 27 heavy (non-hydrogen) atoms. The number of carbonyl (C=O) groups is 2. The Bertz CT molecular complexity index is 689. The van der Waals surface area contributed by atoms with E-state index in [0.29, 0.717) is 38.1 Å². The first-order valence-corrected chi connectivity index (χ1v) is 10.8. The number of nitrogens with zero attached hydrogens (tertiary/aromatic N) is 3. The van der Waals surface area contributed by atoms with Gasteiger partial charge >= 0.3 is 0 Å². The number of hydrogen-bond donors (Lipinski definition) is 0. The number of amides is 2. The van der Waals surface area contributed by atoms with Gasteiger partial charge in [0.15, 0.2) is 0 Å². The van der Waals surface area contributed by atoms with Gasteiger partial charge in [-0.05, 0) is 37.4 Å². The van der Waals surface area contributed by atoms with Gasteiger partial charge in [0.05, 0.1) is 4.88 Å². The Hall–Kier alpha value is -1.66. The summed E-state index contributed by atoms with van der Waals surface area (Å²) in [6.07, 6.45) is 6.92. The molecule has 2 aliphatic rings. The van der Waals surface area contributed by atoms with Gasteiger partial charge in [-0.1, -0.05) is 26.0 Å². The number of allylic oxidation sites excluding steroid dienone is 1. The lowest BCUT2D eigenvalue weighted by molar-refractivity contribution is -0.130. The van der Waals surface area contributed by atoms with Crippen LogP contribution in [0, 0.1) is 5.92 Å². The van der Waals surface area contributed by atoms with Crippen LogP contribution in [0.4, 0.5) is 0 Å². The molecule has 148 valence electrons. The third-order valence-electron chi connectivity index (χ3n) is 5.40. The summed E-state index contributed by atoms with van der Waals surface area (Å²) in [5.74, 6) is 0.785. The molecule has 0 aromatic carbocycles. The normalized spacial score (nSPS) is 21.6. The van der Waals surface area contributed by atoms with E-state index in [1.165, 1.54) is 17.7 Å². The van der Waals surface area contributed by atoms with Crippen LogP contribution in [0.2, 0.25) is 0 Å². The summed E-state index contributed by atoms with van der Waals surface area (Å²) in [5.41, 5.74) is 0. The Morgan fingerprint density at radius 1 is 1.15 bits per heavy atom. The molecule has 2 saturated heterocycles. The fourth-order valence-corrected chi connectivity index (χ4v) is 5.01. The molecule has 0 saturated carbocycles. The molecule has 2 aliphatic heterocycles. The Morgan fingerprint density at radius 3 is 2.52 bits per heavy atom. The molecule has 1 aromatic heterocycles. The molecule has 6 heteroatoms. The third-order valence-corrected chi connectivity index (χ3v) is 6.58. The highest BCUT2D eigenvalue weighted by molar-refractivity contribution is 7.14. The van der Waals surface area contributed by atoms with Crippen LogP contribution >= 0.6 is 11.3 Å². The highest BCUT2D eigenvalue weighted by atomic mass is 32.1. The van der Waals surface area contributed by atoms with Gasteiger partial charge in [-0.25, -0.2) is 0 Å². The molecule has 3 rings (SSSR count). The lowest BCUT2D eigenvalue weighted by Gasteiger charge is -2.34. The fraction of sp³-hybridized carbons (Fsp3) is 0.619. The van der Waals surface area contributed by atoms with Crippen molar-refractivity contribution in [3.8, 4) is 0 Å². The zero-order valence-corrected chi connectivity index (χ0v) is 17.5. The van der Waals surface area contributed by atoms with E-state index in [2.05, 4.69) is 37.0 Å². The van der Waals surface area contributed by atoms with Crippen molar-refractivity contribution >= 4 is 23.2 Å². The number of hydrogen-bond acceptors (Lipinski definition) is 4. The standard InChI is InChI=1S/C21H31N3O2S/c1-16(2)6-4-10-23-11-5-7-18(23)19-8-9-20(27-19)21(26)24-14-12-22(13-15-24)17(3)25/h4,6,8-9,16,18H,5,7,10-15H2,1-3H3/b6-4+/t18-/m0/s1. The summed E-state index contributed by atoms with van der Waals surface area (Å²) < 4.78 is 0. The molecular weight excluding hydrogens is 358 g/mol. The van der Waals surface area contributed by atoms with Crippen molar-refractivity contribution in [3.63, 3.8) is 0 Å². The maximum absolute atomic E-state index is 12.8. The second kappa shape index (κ2) is 9.02. The molecule has 0 aliphatic carbocycles. The van der Waals surface area contributed by atoms with E-state index in [-0.39, 0.29) is 11.8 Å². The predicted molar refractivity (Wildman–Crippen MR) is 110 cm³/mol. The van der Waals surface area contributed by atoms with Crippen molar-refractivity contribution < 1.29 is 9.59 Å². The van der Waals surface area contributed by atoms with Gasteiger partial charge in [0.25, 0.3) is 5.91 Å². The summed E-state index contributed by atoms with van der Waals surface area (Å²) in [6, 6.07) is 4.56. The van der Waals surface area contributed by atoms with Crippen LogP contribution < -0.4 is 0 Å². The minimum absolute atomic E-state index is 0.0911. The second-order valence-corrected chi connectivity index (χ2v) is 8.94. The van der Waals surface area contributed by atoms with Crippen molar-refractivity contribution in [3.05, 3.63) is 34.0 Å². The highest BCUT2D eigenvalue weighted by Crippen LogP contribution is 2.36. The largest absolute Gasteiger partial charge is 0.339 e. The van der Waals surface area contributed by atoms with E-state index in [0.717, 1.165) is 18.0 Å². The van der Waals surface area contributed by atoms with Gasteiger partial charge in [0.2, 0.25) is 5.91 Å². The average Bonchev–Trinajstić information content (AvgIpc) is 3.30. The molecule has 2 fully saturated rings. The summed E-state index contributed by atoms with van der Waals surface area (Å²) in [6.45, 7) is 10.6. The summed E-state index contributed by atoms with van der Waals surface area (Å²) >= 11 is 1.64. The Kier molecular flexibility index (Phi) is 6.71. The monoisotopic (exact) mass is 389 g/mol. The van der Waals surface area contributed by atoms with E-state index in [4.69, 9.17) is 0 Å². The van der Waals surface area contributed by atoms with Crippen molar-refractivity contribution in [1.82, 2.24) is 14.7 Å². The van der Waals surface area contributed by atoms with Crippen molar-refractivity contribution in [2.45, 2.75) is 39.7 Å². The van der Waals surface area contributed by atoms with Crippen LogP contribution in [-0.2, 0) is 4.79 Å². The summed E-state index contributed by atoms with van der Waals surface area (Å²) in [4.78, 5) is 32.6. The third kappa shape index (κ3) is 4.99. The maximum atomic E-state index is 12.8. The summed E-state index contributed by atoms with van der Waals surface area (Å²) in [7, 11) is 0. The fourth-order valence-electron chi connectivity index (χ4n) is 3.86. The number of likely N-dealkylation sites (tertiary alicyclic amines) is 1. The highest BCUT2D eigenvalue weighted by Gasteiger charge is 2.28. The van der Waals surface area contributed by atoms with E-state index in [9.17, 15) is 9.59 Å². The molecular formula is C21H31N3O2S. The quantitative estimate of drug-likeness (QED) is 0.725. The zero-order chi connectivity index (χ0) is 19.4. The first kappa shape index (κ1) is 20.1. The van der Waals surface area contributed by atoms with E-state index >= 15 is 0 Å². The second-order valence-electron chi connectivity index (χ2n) is 7.83. The topological polar surface area (TPSA) is 43.9 Å². The van der Waals surface area contributed by atoms with Crippen LogP contribution in [0.5, 0.6) is 0 Å². The van der Waals surface area contributed by atoms with Gasteiger partial charge in [0, 0.05) is 50.6 Å². The molecule has 0 spiro atoms. The zero-order valence-electron chi connectivity index (χ0n) is 16.7. The lowest BCUT2D eigenvalue weighted by Crippen LogP contribution is -2.49. The van der Waals surface area contributed by atoms with Crippen LogP contribution in [0.25, 0.3) is 0 Å². The average molecular weight is 390 g/mol. The molecule has 0 N–H and O–H groups in total. The van der Waals surface area contributed by atoms with E-state index in [1.54, 1.807) is 18.3 Å². The van der Waals surface area contributed by atoms with Crippen LogP contribution in [0.3, 0.4) is 0 Å². The van der Waals surface area contributed by atoms with Gasteiger partial charge in [-0.3, -0.25) is 14.5 Å². The minimum atomic E-state index is 0.0911. The Morgan fingerprint density at radius 2 is 1.85 bits per heavy atom. The number of thiophene rings is 1. The SMILES string of the molecule is CC(=O)N1CCN(C(=O)c2ccc([C@@H]3CCCN3C/C=C/C(C)C)s2)CC1. The van der Waals surface area contributed by atoms with Gasteiger partial charge in [-0.2, -0.15) is 0 Å². The molecule has 0 radical (unpaired) electrons. The van der Waals surface area contributed by atoms with Crippen molar-refractivity contribution in [1.29, 1.82) is 0 Å². The maximum Gasteiger partial charge on any atom is 0.264 e. The van der Waals surface area contributed by atoms with Crippen molar-refractivity contribution in [2.75, 3.05) is 39.3 Å². The number of piperazine rings is 1. The molecule has 5 nitrogen and oxygen atoms in total. The van der Waals surface area contributed by atoms with Gasteiger partial charge in [-0.15, -0.1) is 11.3 Å².